The summed E-state index contributed by atoms with van der Waals surface area (Å²) >= 11 is 0. The molecule has 5 heteroatoms. The summed E-state index contributed by atoms with van der Waals surface area (Å²) in [6.45, 7) is 16.3. The molecule has 5 nitrogen and oxygen atoms in total. The molecule has 0 amide bonds. The van der Waals surface area contributed by atoms with Crippen LogP contribution in [0.4, 0.5) is 0 Å². The summed E-state index contributed by atoms with van der Waals surface area (Å²) in [5.74, 6) is 0. The Morgan fingerprint density at radius 1 is 0.789 bits per heavy atom. The highest BCUT2D eigenvalue weighted by atomic mass is 15.2. The third-order valence-corrected chi connectivity index (χ3v) is 4.05. The van der Waals surface area contributed by atoms with Gasteiger partial charge in [-0.2, -0.15) is 0 Å². The molecular weight excluding hydrogens is 238 g/mol. The molecule has 2 aliphatic heterocycles. The van der Waals surface area contributed by atoms with Crippen LogP contribution in [0.25, 0.3) is 0 Å². The first-order valence-corrected chi connectivity index (χ1v) is 7.86. The lowest BCUT2D eigenvalue weighted by molar-refractivity contribution is 0.192. The van der Waals surface area contributed by atoms with Gasteiger partial charge in [-0.05, 0) is 13.8 Å². The van der Waals surface area contributed by atoms with Crippen molar-refractivity contribution in [2.24, 2.45) is 0 Å². The van der Waals surface area contributed by atoms with Gasteiger partial charge in [-0.25, -0.2) is 0 Å². The molecular formula is C14H31N5. The summed E-state index contributed by atoms with van der Waals surface area (Å²) in [5.41, 5.74) is 0. The summed E-state index contributed by atoms with van der Waals surface area (Å²) in [6, 6.07) is 1.16. The lowest BCUT2D eigenvalue weighted by atomic mass is 10.2. The maximum Gasteiger partial charge on any atom is 0.0169 e. The van der Waals surface area contributed by atoms with E-state index in [9.17, 15) is 0 Å². The van der Waals surface area contributed by atoms with Crippen LogP contribution in [0.5, 0.6) is 0 Å². The molecule has 0 aromatic carbocycles. The molecule has 19 heavy (non-hydrogen) atoms. The second-order valence-electron chi connectivity index (χ2n) is 6.07. The number of nitrogens with zero attached hydrogens (tertiary/aromatic N) is 2. The van der Waals surface area contributed by atoms with Crippen molar-refractivity contribution in [3.63, 3.8) is 0 Å². The molecule has 2 fully saturated rings. The van der Waals surface area contributed by atoms with Gasteiger partial charge >= 0.3 is 0 Å². The van der Waals surface area contributed by atoms with Gasteiger partial charge in [0, 0.05) is 77.5 Å². The van der Waals surface area contributed by atoms with Crippen LogP contribution in [0, 0.1) is 0 Å². The molecule has 2 heterocycles. The van der Waals surface area contributed by atoms with E-state index in [1.165, 1.54) is 39.3 Å². The molecule has 112 valence electrons. The Kier molecular flexibility index (Phi) is 6.53. The first-order chi connectivity index (χ1) is 9.24. The summed E-state index contributed by atoms with van der Waals surface area (Å²) in [6.07, 6.45) is 0. The predicted molar refractivity (Wildman–Crippen MR) is 80.7 cm³/mol. The van der Waals surface area contributed by atoms with Crippen LogP contribution in [-0.4, -0.2) is 87.3 Å². The summed E-state index contributed by atoms with van der Waals surface area (Å²) in [4.78, 5) is 5.12. The second-order valence-corrected chi connectivity index (χ2v) is 6.07. The van der Waals surface area contributed by atoms with Crippen LogP contribution in [0.2, 0.25) is 0 Å². The number of hydrogen-bond acceptors (Lipinski definition) is 5. The van der Waals surface area contributed by atoms with E-state index in [0.717, 1.165) is 26.2 Å². The van der Waals surface area contributed by atoms with Gasteiger partial charge in [0.15, 0.2) is 0 Å². The molecule has 0 aromatic heterocycles. The van der Waals surface area contributed by atoms with Gasteiger partial charge < -0.3 is 16.0 Å². The number of rotatable bonds is 6. The van der Waals surface area contributed by atoms with Crippen molar-refractivity contribution >= 4 is 0 Å². The molecule has 2 rings (SSSR count). The third kappa shape index (κ3) is 5.75. The second kappa shape index (κ2) is 8.17. The highest BCUT2D eigenvalue weighted by Gasteiger charge is 2.17. The average Bonchev–Trinajstić information content (AvgIpc) is 2.40. The van der Waals surface area contributed by atoms with Gasteiger partial charge in [-0.3, -0.25) is 9.80 Å². The van der Waals surface area contributed by atoms with Gasteiger partial charge in [0.1, 0.15) is 0 Å². The zero-order chi connectivity index (χ0) is 13.5. The normalized spacial score (nSPS) is 26.2. The summed E-state index contributed by atoms with van der Waals surface area (Å²) < 4.78 is 0. The lowest BCUT2D eigenvalue weighted by Gasteiger charge is -2.33. The molecule has 0 aliphatic carbocycles. The van der Waals surface area contributed by atoms with Crippen LogP contribution in [-0.2, 0) is 0 Å². The minimum absolute atomic E-state index is 0.580. The molecule has 2 atom stereocenters. The maximum absolute atomic E-state index is 3.75. The zero-order valence-corrected chi connectivity index (χ0v) is 12.6. The molecule has 2 aliphatic rings. The molecule has 2 saturated heterocycles. The first kappa shape index (κ1) is 15.2. The van der Waals surface area contributed by atoms with E-state index >= 15 is 0 Å². The van der Waals surface area contributed by atoms with E-state index in [2.05, 4.69) is 39.6 Å². The minimum atomic E-state index is 0.580. The molecule has 0 saturated carbocycles. The van der Waals surface area contributed by atoms with Crippen LogP contribution in [0.3, 0.4) is 0 Å². The Hall–Kier alpha value is -0.200. The number of piperazine rings is 2. The molecule has 0 aromatic rings. The fourth-order valence-electron chi connectivity index (χ4n) is 3.15. The van der Waals surface area contributed by atoms with Crippen molar-refractivity contribution in [1.29, 1.82) is 0 Å². The van der Waals surface area contributed by atoms with Crippen molar-refractivity contribution in [1.82, 2.24) is 25.8 Å². The molecule has 3 N–H and O–H groups in total. The number of hydrogen-bond donors (Lipinski definition) is 3. The molecule has 0 bridgehead atoms. The maximum atomic E-state index is 3.75. The Morgan fingerprint density at radius 2 is 1.16 bits per heavy atom. The van der Waals surface area contributed by atoms with E-state index in [1.807, 2.05) is 0 Å². The van der Waals surface area contributed by atoms with Crippen molar-refractivity contribution in [3.05, 3.63) is 0 Å². The van der Waals surface area contributed by atoms with Gasteiger partial charge in [0.2, 0.25) is 0 Å². The van der Waals surface area contributed by atoms with E-state index < -0.39 is 0 Å². The summed E-state index contributed by atoms with van der Waals surface area (Å²) in [5, 5.41) is 10.6. The average molecular weight is 269 g/mol. The van der Waals surface area contributed by atoms with Crippen molar-refractivity contribution in [2.45, 2.75) is 25.9 Å². The van der Waals surface area contributed by atoms with E-state index in [0.29, 0.717) is 12.1 Å². The lowest BCUT2D eigenvalue weighted by Crippen LogP contribution is -2.52. The highest BCUT2D eigenvalue weighted by Crippen LogP contribution is 1.99. The van der Waals surface area contributed by atoms with E-state index in [4.69, 9.17) is 0 Å². The predicted octanol–water partition coefficient (Wildman–Crippen LogP) is -0.837. The van der Waals surface area contributed by atoms with Crippen LogP contribution < -0.4 is 16.0 Å². The van der Waals surface area contributed by atoms with Gasteiger partial charge in [0.05, 0.1) is 0 Å². The number of nitrogens with one attached hydrogen (secondary N) is 3. The fourth-order valence-corrected chi connectivity index (χ4v) is 3.15. The SMILES string of the molecule is CC(CN1CCNCC1)NC(C)CN1CCNCC1. The summed E-state index contributed by atoms with van der Waals surface area (Å²) in [7, 11) is 0. The van der Waals surface area contributed by atoms with Crippen molar-refractivity contribution in [3.8, 4) is 0 Å². The van der Waals surface area contributed by atoms with Crippen molar-refractivity contribution in [2.75, 3.05) is 65.4 Å². The molecule has 0 radical (unpaired) electrons. The van der Waals surface area contributed by atoms with Gasteiger partial charge in [0.25, 0.3) is 0 Å². The smallest absolute Gasteiger partial charge is 0.0169 e. The van der Waals surface area contributed by atoms with Crippen molar-refractivity contribution < 1.29 is 0 Å². The van der Waals surface area contributed by atoms with Crippen LogP contribution >= 0.6 is 0 Å². The Morgan fingerprint density at radius 3 is 1.53 bits per heavy atom. The van der Waals surface area contributed by atoms with Gasteiger partial charge in [-0.15, -0.1) is 0 Å². The Balaban J connectivity index is 1.61. The minimum Gasteiger partial charge on any atom is -0.314 e. The van der Waals surface area contributed by atoms with E-state index in [-0.39, 0.29) is 0 Å². The Bertz CT molecular complexity index is 212. The third-order valence-electron chi connectivity index (χ3n) is 4.05. The first-order valence-electron chi connectivity index (χ1n) is 7.86. The largest absolute Gasteiger partial charge is 0.314 e. The van der Waals surface area contributed by atoms with E-state index in [1.54, 1.807) is 0 Å². The highest BCUT2D eigenvalue weighted by molar-refractivity contribution is 4.78. The van der Waals surface area contributed by atoms with Gasteiger partial charge in [-0.1, -0.05) is 0 Å². The van der Waals surface area contributed by atoms with Crippen LogP contribution in [0.15, 0.2) is 0 Å². The monoisotopic (exact) mass is 269 g/mol. The standard InChI is InChI=1S/C14H31N5/c1-13(11-18-7-3-15-4-8-18)17-14(2)12-19-9-5-16-6-10-19/h13-17H,3-12H2,1-2H3. The Labute approximate surface area is 118 Å². The van der Waals surface area contributed by atoms with Crippen LogP contribution in [0.1, 0.15) is 13.8 Å². The quantitative estimate of drug-likeness (QED) is 0.587. The molecule has 2 unspecified atom stereocenters. The molecule has 0 spiro atoms. The fraction of sp³-hybridized carbons (Fsp3) is 1.00. The zero-order valence-electron chi connectivity index (χ0n) is 12.6. The topological polar surface area (TPSA) is 42.6 Å².